The summed E-state index contributed by atoms with van der Waals surface area (Å²) in [4.78, 5) is 27.3. The molecule has 2 aromatic carbocycles. The van der Waals surface area contributed by atoms with Crippen molar-refractivity contribution in [3.05, 3.63) is 106 Å². The summed E-state index contributed by atoms with van der Waals surface area (Å²) in [5, 5.41) is 11.0. The maximum atomic E-state index is 13.0. The van der Waals surface area contributed by atoms with Crippen molar-refractivity contribution in [3.8, 4) is 0 Å². The van der Waals surface area contributed by atoms with Crippen LogP contribution in [0.3, 0.4) is 0 Å². The van der Waals surface area contributed by atoms with Crippen molar-refractivity contribution in [1.29, 1.82) is 0 Å². The number of benzene rings is 2. The molecule has 0 saturated carbocycles. The minimum Gasteiger partial charge on any atom is -0.503 e. The quantitative estimate of drug-likeness (QED) is 0.637. The minimum absolute atomic E-state index is 0.0156. The van der Waals surface area contributed by atoms with Crippen molar-refractivity contribution >= 4 is 23.3 Å². The van der Waals surface area contributed by atoms with E-state index in [0.717, 1.165) is 5.56 Å². The number of furan rings is 1. The SMILES string of the molecule is O=C(C1=C(O)C(=O)N(Cc2ccccc2)C1c1cccc(Cl)c1)c1ccco1. The molecular weight excluding hydrogens is 378 g/mol. The molecule has 0 aliphatic carbocycles. The van der Waals surface area contributed by atoms with E-state index in [4.69, 9.17) is 16.0 Å². The summed E-state index contributed by atoms with van der Waals surface area (Å²) in [6.07, 6.45) is 1.37. The van der Waals surface area contributed by atoms with Gasteiger partial charge in [0.2, 0.25) is 5.78 Å². The third-order valence-electron chi connectivity index (χ3n) is 4.65. The lowest BCUT2D eigenvalue weighted by molar-refractivity contribution is -0.130. The van der Waals surface area contributed by atoms with Gasteiger partial charge >= 0.3 is 0 Å². The molecule has 1 atom stereocenters. The zero-order valence-electron chi connectivity index (χ0n) is 14.7. The fourth-order valence-corrected chi connectivity index (χ4v) is 3.59. The number of hydrogen-bond acceptors (Lipinski definition) is 4. The predicted molar refractivity (Wildman–Crippen MR) is 104 cm³/mol. The zero-order chi connectivity index (χ0) is 19.7. The number of rotatable bonds is 5. The highest BCUT2D eigenvalue weighted by Gasteiger charge is 2.44. The molecule has 0 saturated heterocycles. The highest BCUT2D eigenvalue weighted by molar-refractivity contribution is 6.30. The van der Waals surface area contributed by atoms with Crippen molar-refractivity contribution in [2.24, 2.45) is 0 Å². The molecule has 1 unspecified atom stereocenters. The Kier molecular flexibility index (Phi) is 4.75. The molecule has 0 bridgehead atoms. The van der Waals surface area contributed by atoms with E-state index in [0.29, 0.717) is 10.6 Å². The molecule has 6 heteroatoms. The molecule has 4 rings (SSSR count). The van der Waals surface area contributed by atoms with Crippen molar-refractivity contribution in [2.75, 3.05) is 0 Å². The van der Waals surface area contributed by atoms with Crippen molar-refractivity contribution in [2.45, 2.75) is 12.6 Å². The van der Waals surface area contributed by atoms with E-state index in [1.54, 1.807) is 30.3 Å². The average Bonchev–Trinajstić information content (AvgIpc) is 3.32. The van der Waals surface area contributed by atoms with Crippen LogP contribution >= 0.6 is 11.6 Å². The van der Waals surface area contributed by atoms with Gasteiger partial charge in [0.15, 0.2) is 11.5 Å². The summed E-state index contributed by atoms with van der Waals surface area (Å²) in [5.41, 5.74) is 1.50. The van der Waals surface area contributed by atoms with Crippen LogP contribution in [0.2, 0.25) is 5.02 Å². The summed E-state index contributed by atoms with van der Waals surface area (Å²) >= 11 is 6.15. The Morgan fingerprint density at radius 2 is 1.86 bits per heavy atom. The van der Waals surface area contributed by atoms with E-state index in [9.17, 15) is 14.7 Å². The first kappa shape index (κ1) is 18.1. The molecule has 0 fully saturated rings. The highest BCUT2D eigenvalue weighted by atomic mass is 35.5. The molecule has 28 heavy (non-hydrogen) atoms. The van der Waals surface area contributed by atoms with E-state index in [1.807, 2.05) is 30.3 Å². The fraction of sp³-hybridized carbons (Fsp3) is 0.0909. The number of aliphatic hydroxyl groups excluding tert-OH is 1. The molecule has 1 aromatic heterocycles. The lowest BCUT2D eigenvalue weighted by Gasteiger charge is -2.27. The second-order valence-corrected chi connectivity index (χ2v) is 6.88. The lowest BCUT2D eigenvalue weighted by atomic mass is 9.95. The normalized spacial score (nSPS) is 16.7. The monoisotopic (exact) mass is 393 g/mol. The Balaban J connectivity index is 1.81. The molecule has 2 heterocycles. The number of carbonyl (C=O) groups is 2. The van der Waals surface area contributed by atoms with Crippen LogP contribution < -0.4 is 0 Å². The van der Waals surface area contributed by atoms with E-state index in [-0.39, 0.29) is 17.9 Å². The summed E-state index contributed by atoms with van der Waals surface area (Å²) in [5.74, 6) is -1.65. The average molecular weight is 394 g/mol. The number of carbonyl (C=O) groups excluding carboxylic acids is 2. The number of hydrogen-bond donors (Lipinski definition) is 1. The Labute approximate surface area is 166 Å². The second-order valence-electron chi connectivity index (χ2n) is 6.44. The number of ketones is 1. The second kappa shape index (κ2) is 7.37. The van der Waals surface area contributed by atoms with Crippen LogP contribution in [-0.2, 0) is 11.3 Å². The van der Waals surface area contributed by atoms with E-state index < -0.39 is 23.5 Å². The topological polar surface area (TPSA) is 70.8 Å². The van der Waals surface area contributed by atoms with Gasteiger partial charge in [-0.1, -0.05) is 54.1 Å². The third-order valence-corrected chi connectivity index (χ3v) is 4.89. The first-order chi connectivity index (χ1) is 13.6. The Hall–Kier alpha value is -3.31. The van der Waals surface area contributed by atoms with Gasteiger partial charge in [-0.2, -0.15) is 0 Å². The largest absolute Gasteiger partial charge is 0.503 e. The van der Waals surface area contributed by atoms with Gasteiger partial charge in [0, 0.05) is 11.6 Å². The molecule has 0 radical (unpaired) electrons. The number of aliphatic hydroxyl groups is 1. The van der Waals surface area contributed by atoms with Crippen molar-refractivity contribution in [1.82, 2.24) is 4.90 Å². The standard InChI is InChI=1S/C22H16ClNO4/c23-16-9-4-8-15(12-16)19-18(20(25)17-10-5-11-28-17)21(26)22(27)24(19)13-14-6-2-1-3-7-14/h1-12,19,26H,13H2. The lowest BCUT2D eigenvalue weighted by Crippen LogP contribution is -2.30. The Morgan fingerprint density at radius 3 is 2.54 bits per heavy atom. The molecule has 1 aliphatic rings. The van der Waals surface area contributed by atoms with Crippen LogP contribution in [-0.4, -0.2) is 21.7 Å². The Bertz CT molecular complexity index is 1060. The van der Waals surface area contributed by atoms with Crippen LogP contribution in [0.25, 0.3) is 0 Å². The number of amides is 1. The molecule has 1 amide bonds. The van der Waals surface area contributed by atoms with Crippen LogP contribution in [0, 0.1) is 0 Å². The maximum Gasteiger partial charge on any atom is 0.290 e. The molecule has 1 N–H and O–H groups in total. The maximum absolute atomic E-state index is 13.0. The predicted octanol–water partition coefficient (Wildman–Crippen LogP) is 4.71. The van der Waals surface area contributed by atoms with Gasteiger partial charge in [0.25, 0.3) is 5.91 Å². The molecule has 0 spiro atoms. The minimum atomic E-state index is -0.774. The van der Waals surface area contributed by atoms with E-state index >= 15 is 0 Å². The molecular formula is C22H16ClNO4. The number of nitrogens with zero attached hydrogens (tertiary/aromatic N) is 1. The fourth-order valence-electron chi connectivity index (χ4n) is 3.39. The third kappa shape index (κ3) is 3.21. The highest BCUT2D eigenvalue weighted by Crippen LogP contribution is 2.40. The molecule has 5 nitrogen and oxygen atoms in total. The van der Waals surface area contributed by atoms with Crippen LogP contribution in [0.4, 0.5) is 0 Å². The van der Waals surface area contributed by atoms with Crippen molar-refractivity contribution in [3.63, 3.8) is 0 Å². The summed E-state index contributed by atoms with van der Waals surface area (Å²) in [6.45, 7) is 0.232. The summed E-state index contributed by atoms with van der Waals surface area (Å²) in [6, 6.07) is 18.6. The van der Waals surface area contributed by atoms with Gasteiger partial charge in [0.1, 0.15) is 0 Å². The Morgan fingerprint density at radius 1 is 1.07 bits per heavy atom. The summed E-state index contributed by atoms with van der Waals surface area (Å²) in [7, 11) is 0. The zero-order valence-corrected chi connectivity index (χ0v) is 15.5. The first-order valence-electron chi connectivity index (χ1n) is 8.68. The van der Waals surface area contributed by atoms with Crippen LogP contribution in [0.5, 0.6) is 0 Å². The van der Waals surface area contributed by atoms with Gasteiger partial charge in [-0.05, 0) is 35.4 Å². The van der Waals surface area contributed by atoms with E-state index in [1.165, 1.54) is 17.2 Å². The first-order valence-corrected chi connectivity index (χ1v) is 9.05. The van der Waals surface area contributed by atoms with Gasteiger partial charge < -0.3 is 14.4 Å². The molecule has 1 aliphatic heterocycles. The van der Waals surface area contributed by atoms with Gasteiger partial charge in [-0.25, -0.2) is 0 Å². The summed E-state index contributed by atoms with van der Waals surface area (Å²) < 4.78 is 5.20. The number of halogens is 1. The van der Waals surface area contributed by atoms with Crippen LogP contribution in [0.1, 0.15) is 27.7 Å². The van der Waals surface area contributed by atoms with E-state index in [2.05, 4.69) is 0 Å². The molecule has 140 valence electrons. The van der Waals surface area contributed by atoms with Gasteiger partial charge in [-0.15, -0.1) is 0 Å². The van der Waals surface area contributed by atoms with Gasteiger partial charge in [0.05, 0.1) is 17.9 Å². The van der Waals surface area contributed by atoms with Crippen LogP contribution in [0.15, 0.2) is 88.7 Å². The smallest absolute Gasteiger partial charge is 0.290 e. The number of Topliss-reactive ketones (excluding diaryl/α,β-unsaturated/α-hetero) is 1. The molecule has 3 aromatic rings. The van der Waals surface area contributed by atoms with Crippen molar-refractivity contribution < 1.29 is 19.1 Å². The van der Waals surface area contributed by atoms with Gasteiger partial charge in [-0.3, -0.25) is 9.59 Å².